The van der Waals surface area contributed by atoms with E-state index in [0.717, 1.165) is 0 Å². The Labute approximate surface area is 141 Å². The fourth-order valence-electron chi connectivity index (χ4n) is 1.91. The van der Waals surface area contributed by atoms with E-state index in [1.165, 1.54) is 6.20 Å². The van der Waals surface area contributed by atoms with Crippen molar-refractivity contribution in [2.45, 2.75) is 38.6 Å². The molecule has 0 aliphatic heterocycles. The molecule has 24 heavy (non-hydrogen) atoms. The number of carbonyl (C=O) groups is 1. The molecule has 3 N–H and O–H groups in total. The molecule has 1 aromatic heterocycles. The Bertz CT molecular complexity index is 825. The number of nitrogens with one attached hydrogen (secondary N) is 3. The first kappa shape index (κ1) is 18.0. The van der Waals surface area contributed by atoms with Crippen molar-refractivity contribution in [3.8, 4) is 0 Å². The fourth-order valence-corrected chi connectivity index (χ4v) is 2.88. The van der Waals surface area contributed by atoms with Crippen molar-refractivity contribution in [1.82, 2.24) is 9.97 Å². The van der Waals surface area contributed by atoms with E-state index >= 15 is 0 Å². The van der Waals surface area contributed by atoms with Gasteiger partial charge in [-0.3, -0.25) is 9.52 Å². The standard InChI is InChI=1S/C16H22N4O3S/c1-10(2)15-17-9-14(19-15)24(22,23)20-13-7-5-6-12(8-13)18-16(21)11(3)4/h5-11,20H,1-4H3,(H,17,19)(H,18,21). The number of carbonyl (C=O) groups excluding carboxylic acids is 1. The van der Waals surface area contributed by atoms with Gasteiger partial charge in [0.05, 0.1) is 11.9 Å². The first-order valence-electron chi connectivity index (χ1n) is 7.67. The summed E-state index contributed by atoms with van der Waals surface area (Å²) in [5, 5.41) is 2.74. The van der Waals surface area contributed by atoms with Crippen LogP contribution < -0.4 is 10.0 Å². The van der Waals surface area contributed by atoms with Crippen LogP contribution >= 0.6 is 0 Å². The van der Waals surface area contributed by atoms with Gasteiger partial charge in [0, 0.05) is 17.5 Å². The number of aromatic amines is 1. The minimum absolute atomic E-state index is 0.00261. The maximum absolute atomic E-state index is 12.4. The number of H-pyrrole nitrogens is 1. The van der Waals surface area contributed by atoms with Crippen LogP contribution in [0.2, 0.25) is 0 Å². The summed E-state index contributed by atoms with van der Waals surface area (Å²) in [5.74, 6) is 0.409. The Kier molecular flexibility index (Phi) is 5.28. The van der Waals surface area contributed by atoms with Crippen LogP contribution in [0, 0.1) is 5.92 Å². The predicted octanol–water partition coefficient (Wildman–Crippen LogP) is 2.93. The zero-order valence-corrected chi connectivity index (χ0v) is 14.9. The quantitative estimate of drug-likeness (QED) is 0.745. The van der Waals surface area contributed by atoms with Gasteiger partial charge in [-0.15, -0.1) is 0 Å². The highest BCUT2D eigenvalue weighted by Crippen LogP contribution is 2.20. The van der Waals surface area contributed by atoms with Crippen LogP contribution in [-0.4, -0.2) is 24.3 Å². The maximum atomic E-state index is 12.4. The van der Waals surface area contributed by atoms with Crippen LogP contribution in [0.25, 0.3) is 0 Å². The Morgan fingerprint density at radius 1 is 1.17 bits per heavy atom. The first-order valence-corrected chi connectivity index (χ1v) is 9.16. The number of imidazole rings is 1. The number of hydrogen-bond acceptors (Lipinski definition) is 4. The van der Waals surface area contributed by atoms with Gasteiger partial charge in [0.25, 0.3) is 10.0 Å². The van der Waals surface area contributed by atoms with Gasteiger partial charge >= 0.3 is 0 Å². The molecule has 0 atom stereocenters. The van der Waals surface area contributed by atoms with E-state index in [1.54, 1.807) is 38.1 Å². The van der Waals surface area contributed by atoms with E-state index in [0.29, 0.717) is 17.2 Å². The number of hydrogen-bond donors (Lipinski definition) is 3. The monoisotopic (exact) mass is 350 g/mol. The SMILES string of the molecule is CC(C)C(=O)Nc1cccc(NS(=O)(=O)c2cnc(C(C)C)[nH]2)c1. The highest BCUT2D eigenvalue weighted by atomic mass is 32.2. The molecule has 0 fully saturated rings. The molecule has 130 valence electrons. The van der Waals surface area contributed by atoms with Crippen LogP contribution in [0.3, 0.4) is 0 Å². The van der Waals surface area contributed by atoms with Crippen LogP contribution in [-0.2, 0) is 14.8 Å². The summed E-state index contributed by atoms with van der Waals surface area (Å²) in [4.78, 5) is 18.6. The first-order chi connectivity index (χ1) is 11.2. The number of aromatic nitrogens is 2. The molecule has 1 aromatic carbocycles. The van der Waals surface area contributed by atoms with Gasteiger partial charge < -0.3 is 10.3 Å². The minimum Gasteiger partial charge on any atom is -0.331 e. The van der Waals surface area contributed by atoms with Crippen molar-refractivity contribution < 1.29 is 13.2 Å². The Morgan fingerprint density at radius 2 is 1.83 bits per heavy atom. The fraction of sp³-hybridized carbons (Fsp3) is 0.375. The molecule has 0 aliphatic rings. The molecule has 0 spiro atoms. The second-order valence-electron chi connectivity index (χ2n) is 6.12. The second kappa shape index (κ2) is 7.04. The summed E-state index contributed by atoms with van der Waals surface area (Å²) in [6.45, 7) is 7.41. The highest BCUT2D eigenvalue weighted by Gasteiger charge is 2.18. The number of anilines is 2. The normalized spacial score (nSPS) is 11.8. The number of amides is 1. The van der Waals surface area contributed by atoms with Crippen molar-refractivity contribution >= 4 is 27.3 Å². The molecule has 0 radical (unpaired) electrons. The zero-order chi connectivity index (χ0) is 17.9. The summed E-state index contributed by atoms with van der Waals surface area (Å²) in [7, 11) is -3.77. The average Bonchev–Trinajstić information content (AvgIpc) is 2.98. The molecule has 0 saturated carbocycles. The molecular formula is C16H22N4O3S. The van der Waals surface area contributed by atoms with Crippen molar-refractivity contribution in [3.63, 3.8) is 0 Å². The molecule has 0 unspecified atom stereocenters. The third-order valence-corrected chi connectivity index (χ3v) is 4.61. The van der Waals surface area contributed by atoms with Gasteiger partial charge in [-0.05, 0) is 18.2 Å². The third-order valence-electron chi connectivity index (χ3n) is 3.32. The van der Waals surface area contributed by atoms with Gasteiger partial charge in [0.1, 0.15) is 5.82 Å². The number of nitrogens with zero attached hydrogens (tertiary/aromatic N) is 1. The van der Waals surface area contributed by atoms with E-state index in [2.05, 4.69) is 20.0 Å². The van der Waals surface area contributed by atoms with Gasteiger partial charge in [-0.25, -0.2) is 4.98 Å². The molecule has 7 nitrogen and oxygen atoms in total. The molecule has 8 heteroatoms. The lowest BCUT2D eigenvalue weighted by Crippen LogP contribution is -2.18. The van der Waals surface area contributed by atoms with E-state index in [9.17, 15) is 13.2 Å². The number of rotatable bonds is 6. The highest BCUT2D eigenvalue weighted by molar-refractivity contribution is 7.92. The van der Waals surface area contributed by atoms with Crippen molar-refractivity contribution in [2.75, 3.05) is 10.0 Å². The molecule has 2 rings (SSSR count). The maximum Gasteiger partial charge on any atom is 0.278 e. The molecule has 2 aromatic rings. The van der Waals surface area contributed by atoms with Crippen LogP contribution in [0.5, 0.6) is 0 Å². The third kappa shape index (κ3) is 4.35. The second-order valence-corrected chi connectivity index (χ2v) is 7.77. The summed E-state index contributed by atoms with van der Waals surface area (Å²) >= 11 is 0. The van der Waals surface area contributed by atoms with Crippen LogP contribution in [0.15, 0.2) is 35.5 Å². The molecule has 1 amide bonds. The van der Waals surface area contributed by atoms with Gasteiger partial charge in [-0.2, -0.15) is 8.42 Å². The van der Waals surface area contributed by atoms with Crippen molar-refractivity contribution in [1.29, 1.82) is 0 Å². The summed E-state index contributed by atoms with van der Waals surface area (Å²) in [6.07, 6.45) is 1.29. The topological polar surface area (TPSA) is 104 Å². The van der Waals surface area contributed by atoms with Gasteiger partial charge in [-0.1, -0.05) is 33.8 Å². The van der Waals surface area contributed by atoms with Crippen LogP contribution in [0.4, 0.5) is 11.4 Å². The molecule has 0 saturated heterocycles. The van der Waals surface area contributed by atoms with E-state index in [1.807, 2.05) is 13.8 Å². The molecule has 0 aliphatic carbocycles. The largest absolute Gasteiger partial charge is 0.331 e. The van der Waals surface area contributed by atoms with E-state index < -0.39 is 10.0 Å². The number of benzene rings is 1. The van der Waals surface area contributed by atoms with Crippen molar-refractivity contribution in [3.05, 3.63) is 36.3 Å². The molecule has 1 heterocycles. The predicted molar refractivity (Wildman–Crippen MR) is 93.4 cm³/mol. The summed E-state index contributed by atoms with van der Waals surface area (Å²) in [5.41, 5.74) is 0.888. The smallest absolute Gasteiger partial charge is 0.278 e. The Hall–Kier alpha value is -2.35. The zero-order valence-electron chi connectivity index (χ0n) is 14.1. The molecular weight excluding hydrogens is 328 g/mol. The minimum atomic E-state index is -3.77. The van der Waals surface area contributed by atoms with Gasteiger partial charge in [0.2, 0.25) is 5.91 Å². The lowest BCUT2D eigenvalue weighted by atomic mass is 10.2. The van der Waals surface area contributed by atoms with Crippen LogP contribution in [0.1, 0.15) is 39.4 Å². The average molecular weight is 350 g/mol. The number of sulfonamides is 1. The van der Waals surface area contributed by atoms with Gasteiger partial charge in [0.15, 0.2) is 5.03 Å². The van der Waals surface area contributed by atoms with Crippen molar-refractivity contribution in [2.24, 2.45) is 5.92 Å². The van der Waals surface area contributed by atoms with E-state index in [-0.39, 0.29) is 22.8 Å². The van der Waals surface area contributed by atoms with E-state index in [4.69, 9.17) is 0 Å². The Morgan fingerprint density at radius 3 is 2.42 bits per heavy atom. The lowest BCUT2D eigenvalue weighted by Gasteiger charge is -2.10. The summed E-state index contributed by atoms with van der Waals surface area (Å²) in [6, 6.07) is 6.55. The summed E-state index contributed by atoms with van der Waals surface area (Å²) < 4.78 is 27.3. The Balaban J connectivity index is 2.18. The lowest BCUT2D eigenvalue weighted by molar-refractivity contribution is -0.118. The molecule has 0 bridgehead atoms.